The van der Waals surface area contributed by atoms with E-state index in [4.69, 9.17) is 32.7 Å². The zero-order chi connectivity index (χ0) is 22.5. The van der Waals surface area contributed by atoms with Crippen LogP contribution in [0.2, 0.25) is 10.0 Å². The van der Waals surface area contributed by atoms with Gasteiger partial charge in [-0.15, -0.1) is 0 Å². The minimum absolute atomic E-state index is 0.159. The Bertz CT molecular complexity index is 1100. The lowest BCUT2D eigenvalue weighted by atomic mass is 10.1. The van der Waals surface area contributed by atoms with Crippen LogP contribution in [0.15, 0.2) is 53.0 Å². The predicted molar refractivity (Wildman–Crippen MR) is 127 cm³/mol. The second-order valence-electron chi connectivity index (χ2n) is 6.68. The standard InChI is InChI=1S/C23H20BrCl2NO4/c1-13-14(23(28)29)5-3-8-20(13)27-11-15-17(24)9-10-21(30-2)22(15)31-12-16-18(25)6-4-7-19(16)26/h3-10,27H,11-12H2,1-2H3,(H,28,29). The molecule has 0 heterocycles. The summed E-state index contributed by atoms with van der Waals surface area (Å²) in [5.41, 5.74) is 3.10. The number of hydrogen-bond acceptors (Lipinski definition) is 4. The van der Waals surface area contributed by atoms with Crippen LogP contribution in [-0.2, 0) is 13.2 Å². The Kier molecular flexibility index (Phi) is 7.70. The fraction of sp³-hybridized carbons (Fsp3) is 0.174. The molecule has 162 valence electrons. The first-order chi connectivity index (χ1) is 14.8. The molecular weight excluding hydrogens is 505 g/mol. The molecule has 5 nitrogen and oxygen atoms in total. The van der Waals surface area contributed by atoms with Crippen LogP contribution in [0.3, 0.4) is 0 Å². The third-order valence-electron chi connectivity index (χ3n) is 4.83. The summed E-state index contributed by atoms with van der Waals surface area (Å²) < 4.78 is 12.4. The highest BCUT2D eigenvalue weighted by Crippen LogP contribution is 2.38. The van der Waals surface area contributed by atoms with Gasteiger partial charge in [-0.25, -0.2) is 4.79 Å². The summed E-state index contributed by atoms with van der Waals surface area (Å²) in [5.74, 6) is 0.121. The first-order valence-electron chi connectivity index (χ1n) is 9.31. The van der Waals surface area contributed by atoms with Gasteiger partial charge in [-0.3, -0.25) is 0 Å². The van der Waals surface area contributed by atoms with Crippen molar-refractivity contribution in [3.63, 3.8) is 0 Å². The maximum atomic E-state index is 11.4. The van der Waals surface area contributed by atoms with E-state index >= 15 is 0 Å². The van der Waals surface area contributed by atoms with E-state index in [1.54, 1.807) is 50.4 Å². The minimum atomic E-state index is -0.968. The lowest BCUT2D eigenvalue weighted by Gasteiger charge is -2.19. The number of benzene rings is 3. The maximum Gasteiger partial charge on any atom is 0.336 e. The second-order valence-corrected chi connectivity index (χ2v) is 8.35. The van der Waals surface area contributed by atoms with Crippen LogP contribution in [0.4, 0.5) is 5.69 Å². The Morgan fingerprint density at radius 2 is 1.74 bits per heavy atom. The molecule has 0 aliphatic heterocycles. The van der Waals surface area contributed by atoms with E-state index in [0.29, 0.717) is 39.2 Å². The first-order valence-corrected chi connectivity index (χ1v) is 10.9. The Morgan fingerprint density at radius 1 is 1.06 bits per heavy atom. The molecule has 0 aromatic heterocycles. The molecule has 2 N–H and O–H groups in total. The van der Waals surface area contributed by atoms with E-state index in [1.165, 1.54) is 0 Å². The molecule has 0 saturated carbocycles. The first kappa shape index (κ1) is 23.3. The van der Waals surface area contributed by atoms with Crippen molar-refractivity contribution >= 4 is 50.8 Å². The van der Waals surface area contributed by atoms with Gasteiger partial charge in [0.1, 0.15) is 6.61 Å². The molecule has 0 unspecified atom stereocenters. The van der Waals surface area contributed by atoms with Crippen molar-refractivity contribution in [3.8, 4) is 11.5 Å². The van der Waals surface area contributed by atoms with E-state index in [2.05, 4.69) is 21.2 Å². The van der Waals surface area contributed by atoms with Gasteiger partial charge in [-0.2, -0.15) is 0 Å². The number of carboxylic acid groups (broad SMARTS) is 1. The number of hydrogen-bond donors (Lipinski definition) is 2. The van der Waals surface area contributed by atoms with Gasteiger partial charge in [-0.05, 0) is 48.9 Å². The molecule has 3 aromatic carbocycles. The molecule has 0 amide bonds. The summed E-state index contributed by atoms with van der Waals surface area (Å²) in [6, 6.07) is 14.1. The molecule has 0 bridgehead atoms. The van der Waals surface area contributed by atoms with Crippen LogP contribution in [0.1, 0.15) is 27.0 Å². The molecule has 0 fully saturated rings. The zero-order valence-corrected chi connectivity index (χ0v) is 19.9. The molecule has 0 aliphatic rings. The van der Waals surface area contributed by atoms with Crippen LogP contribution >= 0.6 is 39.1 Å². The highest BCUT2D eigenvalue weighted by atomic mass is 79.9. The Labute approximate surface area is 199 Å². The highest BCUT2D eigenvalue weighted by Gasteiger charge is 2.17. The zero-order valence-electron chi connectivity index (χ0n) is 16.8. The third kappa shape index (κ3) is 5.26. The lowest BCUT2D eigenvalue weighted by Crippen LogP contribution is -2.09. The number of aromatic carboxylic acids is 1. The fourth-order valence-corrected chi connectivity index (χ4v) is 4.08. The molecule has 8 heteroatoms. The summed E-state index contributed by atoms with van der Waals surface area (Å²) in [4.78, 5) is 11.4. The number of ether oxygens (including phenoxy) is 2. The van der Waals surface area contributed by atoms with E-state index in [0.717, 1.165) is 15.7 Å². The summed E-state index contributed by atoms with van der Waals surface area (Å²) in [5, 5.41) is 13.7. The average Bonchev–Trinajstić information content (AvgIpc) is 2.73. The molecule has 3 aromatic rings. The predicted octanol–water partition coefficient (Wildman–Crippen LogP) is 6.96. The Morgan fingerprint density at radius 3 is 2.39 bits per heavy atom. The number of methoxy groups -OCH3 is 1. The van der Waals surface area contributed by atoms with E-state index in [1.807, 2.05) is 12.1 Å². The molecular formula is C23H20BrCl2NO4. The van der Waals surface area contributed by atoms with Crippen molar-refractivity contribution in [3.05, 3.63) is 85.3 Å². The maximum absolute atomic E-state index is 11.4. The number of nitrogens with one attached hydrogen (secondary N) is 1. The SMILES string of the molecule is COc1ccc(Br)c(CNc2cccc(C(=O)O)c2C)c1OCc1c(Cl)cccc1Cl. The molecule has 0 saturated heterocycles. The van der Waals surface area contributed by atoms with Crippen molar-refractivity contribution in [1.82, 2.24) is 0 Å². The molecule has 0 spiro atoms. The molecule has 0 radical (unpaired) electrons. The van der Waals surface area contributed by atoms with Crippen LogP contribution in [0, 0.1) is 6.92 Å². The quantitative estimate of drug-likeness (QED) is 0.333. The smallest absolute Gasteiger partial charge is 0.336 e. The van der Waals surface area contributed by atoms with E-state index in [9.17, 15) is 9.90 Å². The Hall–Kier alpha value is -2.41. The van der Waals surface area contributed by atoms with Gasteiger partial charge in [0.25, 0.3) is 0 Å². The van der Waals surface area contributed by atoms with Crippen LogP contribution in [-0.4, -0.2) is 18.2 Å². The van der Waals surface area contributed by atoms with Crippen molar-refractivity contribution in [2.75, 3.05) is 12.4 Å². The van der Waals surface area contributed by atoms with Gasteiger partial charge >= 0.3 is 5.97 Å². The van der Waals surface area contributed by atoms with Gasteiger partial charge in [0.15, 0.2) is 11.5 Å². The highest BCUT2D eigenvalue weighted by molar-refractivity contribution is 9.10. The number of carbonyl (C=O) groups is 1. The van der Waals surface area contributed by atoms with E-state index in [-0.39, 0.29) is 12.2 Å². The molecule has 0 aliphatic carbocycles. The lowest BCUT2D eigenvalue weighted by molar-refractivity contribution is 0.0696. The van der Waals surface area contributed by atoms with Crippen LogP contribution < -0.4 is 14.8 Å². The van der Waals surface area contributed by atoms with E-state index < -0.39 is 5.97 Å². The number of carboxylic acids is 1. The van der Waals surface area contributed by atoms with Crippen molar-refractivity contribution in [2.45, 2.75) is 20.1 Å². The molecule has 31 heavy (non-hydrogen) atoms. The average molecular weight is 525 g/mol. The Balaban J connectivity index is 1.90. The van der Waals surface area contributed by atoms with Crippen LogP contribution in [0.5, 0.6) is 11.5 Å². The topological polar surface area (TPSA) is 67.8 Å². The van der Waals surface area contributed by atoms with Gasteiger partial charge in [0, 0.05) is 37.9 Å². The molecule has 0 atom stereocenters. The number of anilines is 1. The summed E-state index contributed by atoms with van der Waals surface area (Å²) in [7, 11) is 1.57. The normalized spacial score (nSPS) is 10.6. The van der Waals surface area contributed by atoms with Crippen molar-refractivity contribution in [1.29, 1.82) is 0 Å². The van der Waals surface area contributed by atoms with Gasteiger partial charge in [0.2, 0.25) is 0 Å². The monoisotopic (exact) mass is 523 g/mol. The van der Waals surface area contributed by atoms with Gasteiger partial charge < -0.3 is 19.9 Å². The fourth-order valence-electron chi connectivity index (χ4n) is 3.12. The summed E-state index contributed by atoms with van der Waals surface area (Å²) >= 11 is 16.1. The summed E-state index contributed by atoms with van der Waals surface area (Å²) in [6.45, 7) is 2.29. The third-order valence-corrected chi connectivity index (χ3v) is 6.28. The largest absolute Gasteiger partial charge is 0.493 e. The summed E-state index contributed by atoms with van der Waals surface area (Å²) in [6.07, 6.45) is 0. The number of rotatable bonds is 8. The van der Waals surface area contributed by atoms with Gasteiger partial charge in [-0.1, -0.05) is 51.3 Å². The minimum Gasteiger partial charge on any atom is -0.493 e. The van der Waals surface area contributed by atoms with Crippen LogP contribution in [0.25, 0.3) is 0 Å². The molecule has 3 rings (SSSR count). The number of halogens is 3. The van der Waals surface area contributed by atoms with Crippen molar-refractivity contribution < 1.29 is 19.4 Å². The van der Waals surface area contributed by atoms with Gasteiger partial charge in [0.05, 0.1) is 12.7 Å². The van der Waals surface area contributed by atoms with Crippen molar-refractivity contribution in [2.24, 2.45) is 0 Å². The second kappa shape index (κ2) is 10.3.